The molecule has 0 radical (unpaired) electrons. The Labute approximate surface area is 189 Å². The van der Waals surface area contributed by atoms with Crippen molar-refractivity contribution in [1.82, 2.24) is 15.3 Å². The number of thiophene rings is 1. The van der Waals surface area contributed by atoms with E-state index in [1.807, 2.05) is 30.6 Å². The van der Waals surface area contributed by atoms with Crippen LogP contribution < -0.4 is 10.2 Å². The Kier molecular flexibility index (Phi) is 6.33. The minimum Gasteiger partial charge on any atom is -0.465 e. The molecule has 0 bridgehead atoms. The third-order valence-electron chi connectivity index (χ3n) is 5.96. The summed E-state index contributed by atoms with van der Waals surface area (Å²) in [6.07, 6.45) is 2.33. The second-order valence-electron chi connectivity index (χ2n) is 7.92. The normalized spacial score (nSPS) is 20.9. The van der Waals surface area contributed by atoms with Crippen LogP contribution >= 0.6 is 11.3 Å². The van der Waals surface area contributed by atoms with Gasteiger partial charge in [-0.2, -0.15) is 0 Å². The molecule has 9 nitrogen and oxygen atoms in total. The van der Waals surface area contributed by atoms with Crippen molar-refractivity contribution in [1.29, 1.82) is 0 Å². The van der Waals surface area contributed by atoms with Crippen LogP contribution in [0.3, 0.4) is 0 Å². The number of esters is 1. The molecule has 4 rings (SSSR count). The number of non-ortho nitro benzene ring substituents is 1. The number of rotatable bonds is 7. The largest absolute Gasteiger partial charge is 0.465 e. The van der Waals surface area contributed by atoms with Crippen LogP contribution in [0.2, 0.25) is 0 Å². The Hall–Kier alpha value is -3.11. The first kappa shape index (κ1) is 22.1. The lowest BCUT2D eigenvalue weighted by atomic mass is 9.78. The van der Waals surface area contributed by atoms with Gasteiger partial charge in [0, 0.05) is 49.3 Å². The number of nitro benzene ring substituents is 1. The molecule has 168 valence electrons. The summed E-state index contributed by atoms with van der Waals surface area (Å²) in [5.41, 5.74) is -0.132. The topological polar surface area (TPSA) is 110 Å². The highest BCUT2D eigenvalue weighted by Gasteiger charge is 2.48. The third-order valence-corrected chi connectivity index (χ3v) is 6.78. The van der Waals surface area contributed by atoms with Gasteiger partial charge in [-0.05, 0) is 30.4 Å². The lowest BCUT2D eigenvalue weighted by Gasteiger charge is -2.45. The van der Waals surface area contributed by atoms with Gasteiger partial charge in [0.2, 0.25) is 5.95 Å². The van der Waals surface area contributed by atoms with Gasteiger partial charge in [-0.1, -0.05) is 19.1 Å². The van der Waals surface area contributed by atoms with Crippen LogP contribution in [0.5, 0.6) is 0 Å². The SMILES string of the molecule is CCOC(=O)C1(NCc2cccc([N+](=O)[O-])c2)CCN(c2ncc3ccsc3n2)CC1C. The fraction of sp³-hybridized carbons (Fsp3) is 0.409. The summed E-state index contributed by atoms with van der Waals surface area (Å²) in [5.74, 6) is 0.256. The molecule has 2 aromatic heterocycles. The number of carbonyl (C=O) groups excluding carboxylic acids is 1. The smallest absolute Gasteiger partial charge is 0.326 e. The van der Waals surface area contributed by atoms with Gasteiger partial charge in [0.15, 0.2) is 0 Å². The van der Waals surface area contributed by atoms with Crippen molar-refractivity contribution in [2.75, 3.05) is 24.6 Å². The molecule has 10 heteroatoms. The van der Waals surface area contributed by atoms with Gasteiger partial charge in [0.1, 0.15) is 10.4 Å². The van der Waals surface area contributed by atoms with E-state index in [1.54, 1.807) is 24.3 Å². The molecular formula is C22H25N5O4S. The first-order chi connectivity index (χ1) is 15.4. The number of aromatic nitrogens is 2. The summed E-state index contributed by atoms with van der Waals surface area (Å²) in [7, 11) is 0. The van der Waals surface area contributed by atoms with Gasteiger partial charge < -0.3 is 9.64 Å². The van der Waals surface area contributed by atoms with Crippen molar-refractivity contribution in [3.8, 4) is 0 Å². The van der Waals surface area contributed by atoms with Gasteiger partial charge in [-0.25, -0.2) is 9.97 Å². The maximum absolute atomic E-state index is 13.1. The van der Waals surface area contributed by atoms with Gasteiger partial charge in [-0.15, -0.1) is 11.3 Å². The fourth-order valence-corrected chi connectivity index (χ4v) is 4.89. The Morgan fingerprint density at radius 1 is 1.44 bits per heavy atom. The number of hydrogen-bond donors (Lipinski definition) is 1. The maximum Gasteiger partial charge on any atom is 0.326 e. The van der Waals surface area contributed by atoms with Crippen molar-refractivity contribution < 1.29 is 14.5 Å². The number of piperidine rings is 1. The van der Waals surface area contributed by atoms with Crippen molar-refractivity contribution in [3.05, 3.63) is 57.6 Å². The molecule has 2 atom stereocenters. The molecule has 32 heavy (non-hydrogen) atoms. The molecule has 1 fully saturated rings. The number of carbonyl (C=O) groups is 1. The predicted octanol–water partition coefficient (Wildman–Crippen LogP) is 3.54. The quantitative estimate of drug-likeness (QED) is 0.327. The molecular weight excluding hydrogens is 430 g/mol. The molecule has 1 aromatic carbocycles. The highest BCUT2D eigenvalue weighted by Crippen LogP contribution is 2.32. The zero-order chi connectivity index (χ0) is 22.7. The van der Waals surface area contributed by atoms with Crippen LogP contribution in [0.4, 0.5) is 11.6 Å². The molecule has 2 unspecified atom stereocenters. The minimum atomic E-state index is -0.899. The second kappa shape index (κ2) is 9.17. The van der Waals surface area contributed by atoms with Gasteiger partial charge >= 0.3 is 5.97 Å². The van der Waals surface area contributed by atoms with Gasteiger partial charge in [-0.3, -0.25) is 20.2 Å². The number of nitrogens with one attached hydrogen (secondary N) is 1. The van der Waals surface area contributed by atoms with E-state index in [2.05, 4.69) is 20.2 Å². The van der Waals surface area contributed by atoms with Crippen molar-refractivity contribution in [3.63, 3.8) is 0 Å². The summed E-state index contributed by atoms with van der Waals surface area (Å²) in [6, 6.07) is 8.43. The van der Waals surface area contributed by atoms with Crippen molar-refractivity contribution in [2.24, 2.45) is 5.92 Å². The second-order valence-corrected chi connectivity index (χ2v) is 8.82. The number of anilines is 1. The van der Waals surface area contributed by atoms with E-state index in [4.69, 9.17) is 4.74 Å². The Balaban J connectivity index is 1.54. The Bertz CT molecular complexity index is 1140. The fourth-order valence-electron chi connectivity index (χ4n) is 4.15. The summed E-state index contributed by atoms with van der Waals surface area (Å²) in [4.78, 5) is 36.0. The van der Waals surface area contributed by atoms with Gasteiger partial charge in [0.05, 0.1) is 11.5 Å². The van der Waals surface area contributed by atoms with Gasteiger partial charge in [0.25, 0.3) is 5.69 Å². The number of nitro groups is 1. The van der Waals surface area contributed by atoms with Crippen LogP contribution in [-0.2, 0) is 16.1 Å². The molecule has 0 aliphatic carbocycles. The molecule has 3 aromatic rings. The molecule has 1 aliphatic rings. The highest BCUT2D eigenvalue weighted by atomic mass is 32.1. The number of hydrogen-bond acceptors (Lipinski definition) is 9. The molecule has 0 spiro atoms. The zero-order valence-electron chi connectivity index (χ0n) is 18.0. The van der Waals surface area contributed by atoms with E-state index < -0.39 is 10.5 Å². The summed E-state index contributed by atoms with van der Waals surface area (Å²) in [5, 5.41) is 17.5. The van der Waals surface area contributed by atoms with Crippen LogP contribution in [0.25, 0.3) is 10.2 Å². The van der Waals surface area contributed by atoms with E-state index in [0.29, 0.717) is 32.0 Å². The average molecular weight is 456 g/mol. The van der Waals surface area contributed by atoms with E-state index in [1.165, 1.54) is 12.1 Å². The summed E-state index contributed by atoms with van der Waals surface area (Å²) < 4.78 is 5.44. The predicted molar refractivity (Wildman–Crippen MR) is 123 cm³/mol. The third kappa shape index (κ3) is 4.28. The first-order valence-corrected chi connectivity index (χ1v) is 11.4. The van der Waals surface area contributed by atoms with E-state index >= 15 is 0 Å². The Morgan fingerprint density at radius 3 is 3.03 bits per heavy atom. The number of fused-ring (bicyclic) bond motifs is 1. The van der Waals surface area contributed by atoms with E-state index in [0.717, 1.165) is 15.8 Å². The molecule has 1 saturated heterocycles. The lowest BCUT2D eigenvalue weighted by Crippen LogP contribution is -2.64. The summed E-state index contributed by atoms with van der Waals surface area (Å²) >= 11 is 1.57. The minimum absolute atomic E-state index is 0.0264. The molecule has 1 aliphatic heterocycles. The first-order valence-electron chi connectivity index (χ1n) is 10.5. The number of nitrogens with zero attached hydrogens (tertiary/aromatic N) is 4. The average Bonchev–Trinajstić information content (AvgIpc) is 3.26. The van der Waals surface area contributed by atoms with Crippen LogP contribution in [0, 0.1) is 16.0 Å². The lowest BCUT2D eigenvalue weighted by molar-refractivity contribution is -0.384. The molecule has 3 heterocycles. The molecule has 1 N–H and O–H groups in total. The molecule has 0 amide bonds. The van der Waals surface area contributed by atoms with Crippen LogP contribution in [0.1, 0.15) is 25.8 Å². The maximum atomic E-state index is 13.1. The standard InChI is InChI=1S/C22H25N5O4S/c1-3-31-20(28)22(24-12-16-5-4-6-18(11-16)27(29)30)8-9-26(14-15(22)2)21-23-13-17-7-10-32-19(17)25-21/h4-7,10-11,13,15,24H,3,8-9,12,14H2,1-2H3. The summed E-state index contributed by atoms with van der Waals surface area (Å²) in [6.45, 7) is 5.57. The van der Waals surface area contributed by atoms with Crippen molar-refractivity contribution >= 4 is 39.2 Å². The van der Waals surface area contributed by atoms with E-state index in [9.17, 15) is 14.9 Å². The Morgan fingerprint density at radius 2 is 2.28 bits per heavy atom. The number of benzene rings is 1. The zero-order valence-corrected chi connectivity index (χ0v) is 18.8. The van der Waals surface area contributed by atoms with Crippen molar-refractivity contribution in [2.45, 2.75) is 32.4 Å². The van der Waals surface area contributed by atoms with Crippen LogP contribution in [-0.4, -0.2) is 46.1 Å². The van der Waals surface area contributed by atoms with E-state index in [-0.39, 0.29) is 24.2 Å². The van der Waals surface area contributed by atoms with Crippen LogP contribution in [0.15, 0.2) is 41.9 Å². The molecule has 0 saturated carbocycles. The highest BCUT2D eigenvalue weighted by molar-refractivity contribution is 7.16. The monoisotopic (exact) mass is 455 g/mol. The number of ether oxygens (including phenoxy) is 1.